The fourth-order valence-electron chi connectivity index (χ4n) is 5.54. The van der Waals surface area contributed by atoms with Crippen molar-refractivity contribution in [3.63, 3.8) is 0 Å². The van der Waals surface area contributed by atoms with Gasteiger partial charge in [0.2, 0.25) is 0 Å². The molecule has 4 aliphatic rings. The van der Waals surface area contributed by atoms with E-state index in [0.717, 1.165) is 57.1 Å². The minimum Gasteiger partial charge on any atom is -0.374 e. The number of ether oxygens (including phenoxy) is 1. The highest BCUT2D eigenvalue weighted by atomic mass is 16.5. The lowest BCUT2D eigenvalue weighted by Crippen LogP contribution is -2.44. The molecule has 4 unspecified atom stereocenters. The second-order valence-corrected chi connectivity index (χ2v) is 8.29. The minimum atomic E-state index is 0.515. The molecule has 4 atom stereocenters. The molecular formula is C21H30N4O. The maximum Gasteiger partial charge on any atom is 0.193 e. The van der Waals surface area contributed by atoms with E-state index in [-0.39, 0.29) is 0 Å². The molecule has 1 aromatic carbocycles. The van der Waals surface area contributed by atoms with Crippen LogP contribution in [0.1, 0.15) is 24.0 Å². The number of benzene rings is 1. The Kier molecular flexibility index (Phi) is 4.37. The van der Waals surface area contributed by atoms with Gasteiger partial charge < -0.3 is 15.0 Å². The fraction of sp³-hybridized carbons (Fsp3) is 0.667. The predicted molar refractivity (Wildman–Crippen MR) is 103 cm³/mol. The van der Waals surface area contributed by atoms with Crippen LogP contribution in [0, 0.1) is 11.8 Å². The van der Waals surface area contributed by atoms with Gasteiger partial charge in [-0.2, -0.15) is 0 Å². The lowest BCUT2D eigenvalue weighted by atomic mass is 9.82. The molecule has 4 heterocycles. The Balaban J connectivity index is 1.12. The van der Waals surface area contributed by atoms with Crippen LogP contribution in [0.3, 0.4) is 0 Å². The predicted octanol–water partition coefficient (Wildman–Crippen LogP) is 1.73. The van der Waals surface area contributed by atoms with Crippen molar-refractivity contribution in [2.24, 2.45) is 16.8 Å². The Morgan fingerprint density at radius 1 is 1.15 bits per heavy atom. The number of rotatable bonds is 3. The number of guanidine groups is 1. The summed E-state index contributed by atoms with van der Waals surface area (Å²) >= 11 is 0. The SMILES string of the molecule is CN=C(NCCN1CCc2ccccc2C1)N1CC2C3CCC(O3)C2C1. The number of likely N-dealkylation sites (tertiary alicyclic amines) is 1. The summed E-state index contributed by atoms with van der Waals surface area (Å²) in [4.78, 5) is 9.58. The first-order chi connectivity index (χ1) is 12.8. The Morgan fingerprint density at radius 3 is 2.62 bits per heavy atom. The number of hydrogen-bond donors (Lipinski definition) is 1. The summed E-state index contributed by atoms with van der Waals surface area (Å²) in [6, 6.07) is 8.85. The van der Waals surface area contributed by atoms with Crippen molar-refractivity contribution in [1.29, 1.82) is 0 Å². The van der Waals surface area contributed by atoms with Crippen molar-refractivity contribution in [3.05, 3.63) is 35.4 Å². The Bertz CT molecular complexity index is 672. The molecule has 0 saturated carbocycles. The quantitative estimate of drug-likeness (QED) is 0.663. The molecule has 26 heavy (non-hydrogen) atoms. The van der Waals surface area contributed by atoms with E-state index in [1.807, 2.05) is 7.05 Å². The molecule has 1 aromatic rings. The van der Waals surface area contributed by atoms with Crippen molar-refractivity contribution in [1.82, 2.24) is 15.1 Å². The second-order valence-electron chi connectivity index (χ2n) is 8.29. The monoisotopic (exact) mass is 354 g/mol. The lowest BCUT2D eigenvalue weighted by molar-refractivity contribution is 0.0767. The van der Waals surface area contributed by atoms with Gasteiger partial charge in [-0.25, -0.2) is 0 Å². The van der Waals surface area contributed by atoms with Crippen molar-refractivity contribution in [3.8, 4) is 0 Å². The number of aliphatic imine (C=N–C) groups is 1. The highest BCUT2D eigenvalue weighted by Gasteiger charge is 2.53. The van der Waals surface area contributed by atoms with Crippen molar-refractivity contribution < 1.29 is 4.74 Å². The van der Waals surface area contributed by atoms with Gasteiger partial charge >= 0.3 is 0 Å². The molecule has 3 saturated heterocycles. The molecule has 5 nitrogen and oxygen atoms in total. The summed E-state index contributed by atoms with van der Waals surface area (Å²) < 4.78 is 6.10. The first-order valence-electron chi connectivity index (χ1n) is 10.2. The van der Waals surface area contributed by atoms with Gasteiger partial charge in [0.25, 0.3) is 0 Å². The van der Waals surface area contributed by atoms with E-state index in [0.29, 0.717) is 12.2 Å². The van der Waals surface area contributed by atoms with E-state index in [4.69, 9.17) is 4.74 Å². The number of nitrogens with zero attached hydrogens (tertiary/aromatic N) is 3. The van der Waals surface area contributed by atoms with Crippen LogP contribution in [0.15, 0.2) is 29.3 Å². The van der Waals surface area contributed by atoms with E-state index in [1.165, 1.54) is 30.4 Å². The average Bonchev–Trinajstić information content (AvgIpc) is 3.38. The standard InChI is InChI=1S/C21H30N4O/c1-22-21(25-13-17-18(14-25)20-7-6-19(17)26-20)23-9-11-24-10-8-15-4-2-3-5-16(15)12-24/h2-5,17-20H,6-14H2,1H3,(H,22,23). The summed E-state index contributed by atoms with van der Waals surface area (Å²) in [5.41, 5.74) is 3.01. The third-order valence-corrected chi connectivity index (χ3v) is 6.88. The Hall–Kier alpha value is -1.59. The molecular weight excluding hydrogens is 324 g/mol. The maximum atomic E-state index is 6.10. The molecule has 0 spiro atoms. The normalized spacial score (nSPS) is 33.4. The molecule has 4 aliphatic heterocycles. The molecule has 140 valence electrons. The van der Waals surface area contributed by atoms with Crippen LogP contribution in [0.2, 0.25) is 0 Å². The van der Waals surface area contributed by atoms with E-state index in [2.05, 4.69) is 44.4 Å². The van der Waals surface area contributed by atoms with Gasteiger partial charge in [0.1, 0.15) is 0 Å². The Morgan fingerprint density at radius 2 is 1.88 bits per heavy atom. The van der Waals surface area contributed by atoms with Crippen LogP contribution < -0.4 is 5.32 Å². The Labute approximate surface area is 156 Å². The van der Waals surface area contributed by atoms with Crippen LogP contribution >= 0.6 is 0 Å². The van der Waals surface area contributed by atoms with Crippen molar-refractivity contribution >= 4 is 5.96 Å². The summed E-state index contributed by atoms with van der Waals surface area (Å²) in [6.07, 6.45) is 4.73. The second kappa shape index (κ2) is 6.86. The summed E-state index contributed by atoms with van der Waals surface area (Å²) in [5.74, 6) is 2.54. The van der Waals surface area contributed by atoms with Crippen molar-refractivity contribution in [2.75, 3.05) is 39.8 Å². The van der Waals surface area contributed by atoms with E-state index < -0.39 is 0 Å². The van der Waals surface area contributed by atoms with Gasteiger partial charge in [0.05, 0.1) is 12.2 Å². The van der Waals surface area contributed by atoms with E-state index in [1.54, 1.807) is 0 Å². The molecule has 1 N–H and O–H groups in total. The third-order valence-electron chi connectivity index (χ3n) is 6.88. The van der Waals surface area contributed by atoms with E-state index >= 15 is 0 Å². The molecule has 0 amide bonds. The number of fused-ring (bicyclic) bond motifs is 6. The first-order valence-corrected chi connectivity index (χ1v) is 10.2. The van der Waals surface area contributed by atoms with Gasteiger partial charge in [0.15, 0.2) is 5.96 Å². The van der Waals surface area contributed by atoms with Gasteiger partial charge in [-0.15, -0.1) is 0 Å². The molecule has 2 bridgehead atoms. The lowest BCUT2D eigenvalue weighted by Gasteiger charge is -2.29. The zero-order valence-electron chi connectivity index (χ0n) is 15.7. The van der Waals surface area contributed by atoms with Crippen LogP contribution in [0.25, 0.3) is 0 Å². The maximum absolute atomic E-state index is 6.10. The summed E-state index contributed by atoms with van der Waals surface area (Å²) in [7, 11) is 1.92. The van der Waals surface area contributed by atoms with Crippen LogP contribution in [0.4, 0.5) is 0 Å². The summed E-state index contributed by atoms with van der Waals surface area (Å²) in [5, 5.41) is 3.62. The van der Waals surface area contributed by atoms with Crippen molar-refractivity contribution in [2.45, 2.75) is 38.0 Å². The minimum absolute atomic E-state index is 0.515. The smallest absolute Gasteiger partial charge is 0.193 e. The zero-order chi connectivity index (χ0) is 17.5. The van der Waals surface area contributed by atoms with Gasteiger partial charge in [-0.1, -0.05) is 24.3 Å². The molecule has 0 aromatic heterocycles. The average molecular weight is 354 g/mol. The van der Waals surface area contributed by atoms with Gasteiger partial charge in [0, 0.05) is 58.2 Å². The first kappa shape index (κ1) is 16.6. The van der Waals surface area contributed by atoms with Crippen LogP contribution in [-0.2, 0) is 17.7 Å². The highest BCUT2D eigenvalue weighted by Crippen LogP contribution is 2.47. The largest absolute Gasteiger partial charge is 0.374 e. The third kappa shape index (κ3) is 2.91. The van der Waals surface area contributed by atoms with Crippen LogP contribution in [0.5, 0.6) is 0 Å². The molecule has 5 rings (SSSR count). The molecule has 0 aliphatic carbocycles. The zero-order valence-corrected chi connectivity index (χ0v) is 15.7. The fourth-order valence-corrected chi connectivity index (χ4v) is 5.54. The number of nitrogens with one attached hydrogen (secondary N) is 1. The topological polar surface area (TPSA) is 40.1 Å². The number of hydrogen-bond acceptors (Lipinski definition) is 3. The molecule has 5 heteroatoms. The molecule has 0 radical (unpaired) electrons. The molecule has 3 fully saturated rings. The van der Waals surface area contributed by atoms with E-state index in [9.17, 15) is 0 Å². The highest BCUT2D eigenvalue weighted by molar-refractivity contribution is 5.80. The van der Waals surface area contributed by atoms with Crippen LogP contribution in [-0.4, -0.2) is 67.7 Å². The van der Waals surface area contributed by atoms with Gasteiger partial charge in [-0.05, 0) is 30.4 Å². The summed E-state index contributed by atoms with van der Waals surface area (Å²) in [6.45, 7) is 6.49. The van der Waals surface area contributed by atoms with Gasteiger partial charge in [-0.3, -0.25) is 9.89 Å².